The van der Waals surface area contributed by atoms with Gasteiger partial charge in [0, 0.05) is 32.0 Å². The van der Waals surface area contributed by atoms with Crippen LogP contribution < -0.4 is 5.73 Å². The lowest BCUT2D eigenvalue weighted by Crippen LogP contribution is -2.47. The summed E-state index contributed by atoms with van der Waals surface area (Å²) >= 11 is 0. The van der Waals surface area contributed by atoms with E-state index >= 15 is 0 Å². The molecule has 0 aliphatic heterocycles. The lowest BCUT2D eigenvalue weighted by atomic mass is 9.84. The van der Waals surface area contributed by atoms with Gasteiger partial charge in [0.15, 0.2) is 0 Å². The summed E-state index contributed by atoms with van der Waals surface area (Å²) in [6, 6.07) is 17.8. The molecule has 1 amide bonds. The van der Waals surface area contributed by atoms with Crippen LogP contribution in [0.15, 0.2) is 60.8 Å². The molecule has 2 atom stereocenters. The number of carbonyl (C=O) groups excluding carboxylic acids is 1. The normalized spacial score (nSPS) is 13.5. The molecule has 188 valence electrons. The number of methoxy groups -OCH3 is 1. The quantitative estimate of drug-likeness (QED) is 0.454. The highest BCUT2D eigenvalue weighted by atomic mass is 19.1. The number of halogens is 1. The van der Waals surface area contributed by atoms with Gasteiger partial charge in [0.25, 0.3) is 0 Å². The number of amides is 1. The zero-order chi connectivity index (χ0) is 25.6. The van der Waals surface area contributed by atoms with E-state index in [4.69, 9.17) is 15.5 Å². The average Bonchev–Trinajstić information content (AvgIpc) is 3.21. The van der Waals surface area contributed by atoms with Gasteiger partial charge in [0.1, 0.15) is 18.6 Å². The summed E-state index contributed by atoms with van der Waals surface area (Å²) in [6.07, 6.45) is 0.662. The van der Waals surface area contributed by atoms with Crippen molar-refractivity contribution in [3.05, 3.63) is 77.7 Å². The molecule has 0 fully saturated rings. The Morgan fingerprint density at radius 2 is 1.80 bits per heavy atom. The minimum Gasteiger partial charge on any atom is -0.375 e. The Hall–Kier alpha value is -3.03. The molecule has 0 aliphatic rings. The maximum Gasteiger partial charge on any atom is 0.249 e. The van der Waals surface area contributed by atoms with Crippen molar-refractivity contribution in [2.24, 2.45) is 11.1 Å². The number of carbonyl (C=O) groups is 1. The van der Waals surface area contributed by atoms with Crippen molar-refractivity contribution in [2.45, 2.75) is 46.5 Å². The van der Waals surface area contributed by atoms with Crippen LogP contribution in [0, 0.1) is 12.3 Å². The topological polar surface area (TPSA) is 73.4 Å². The molecule has 0 unspecified atom stereocenters. The second-order valence-electron chi connectivity index (χ2n) is 10.0. The number of imidazole rings is 1. The minimum atomic E-state index is -1.35. The SMILES string of the molecule is COCC(=O)N(C[C@H](F)CN)[C@@H](c1nc(-c2ccc(C)cc2)cn1Cc1ccccc1)C(C)(C)C. The number of rotatable bonds is 10. The van der Waals surface area contributed by atoms with Gasteiger partial charge in [-0.25, -0.2) is 9.37 Å². The number of nitrogens with two attached hydrogens (primary N) is 1. The van der Waals surface area contributed by atoms with Crippen LogP contribution >= 0.6 is 0 Å². The highest BCUT2D eigenvalue weighted by molar-refractivity contribution is 5.78. The van der Waals surface area contributed by atoms with Gasteiger partial charge >= 0.3 is 0 Å². The van der Waals surface area contributed by atoms with Crippen molar-refractivity contribution >= 4 is 5.91 Å². The number of aryl methyl sites for hydroxylation is 1. The molecule has 0 radical (unpaired) electrons. The molecule has 7 heteroatoms. The molecule has 1 aromatic heterocycles. The second-order valence-corrected chi connectivity index (χ2v) is 10.0. The average molecular weight is 481 g/mol. The second kappa shape index (κ2) is 11.6. The van der Waals surface area contributed by atoms with E-state index in [1.807, 2.05) is 64.2 Å². The van der Waals surface area contributed by atoms with E-state index in [9.17, 15) is 9.18 Å². The van der Waals surface area contributed by atoms with E-state index in [0.29, 0.717) is 12.4 Å². The predicted octanol–water partition coefficient (Wildman–Crippen LogP) is 4.77. The maximum absolute atomic E-state index is 14.6. The first-order valence-electron chi connectivity index (χ1n) is 11.9. The molecule has 2 N–H and O–H groups in total. The van der Waals surface area contributed by atoms with E-state index in [0.717, 1.165) is 22.4 Å². The fourth-order valence-electron chi connectivity index (χ4n) is 4.26. The van der Waals surface area contributed by atoms with E-state index in [2.05, 4.69) is 28.8 Å². The molecule has 2 aromatic carbocycles. The standard InChI is InChI=1S/C28H37FN4O2/c1-20-11-13-22(14-12-20)24-18-32(16-21-9-7-6-8-10-21)27(31-24)26(28(2,3)4)33(17-23(29)15-30)25(34)19-35-5/h6-14,18,23,26H,15-17,19,30H2,1-5H3/t23-,26+/m1/s1. The first kappa shape index (κ1) is 26.6. The van der Waals surface area contributed by atoms with Gasteiger partial charge in [0.2, 0.25) is 5.91 Å². The molecule has 0 bridgehead atoms. The van der Waals surface area contributed by atoms with Gasteiger partial charge in [-0.2, -0.15) is 0 Å². The summed E-state index contributed by atoms with van der Waals surface area (Å²) in [5.41, 5.74) is 9.22. The van der Waals surface area contributed by atoms with Crippen LogP contribution in [0.2, 0.25) is 0 Å². The van der Waals surface area contributed by atoms with E-state index in [1.54, 1.807) is 4.90 Å². The zero-order valence-corrected chi connectivity index (χ0v) is 21.4. The molecule has 0 aliphatic carbocycles. The third kappa shape index (κ3) is 6.77. The van der Waals surface area contributed by atoms with Gasteiger partial charge in [-0.1, -0.05) is 80.9 Å². The Morgan fingerprint density at radius 1 is 1.14 bits per heavy atom. The summed E-state index contributed by atoms with van der Waals surface area (Å²) in [6.45, 7) is 8.29. The molecule has 1 heterocycles. The fraction of sp³-hybridized carbons (Fsp3) is 0.429. The van der Waals surface area contributed by atoms with Crippen LogP contribution in [-0.2, 0) is 16.1 Å². The third-order valence-corrected chi connectivity index (χ3v) is 5.97. The Kier molecular flexibility index (Phi) is 8.81. The van der Waals surface area contributed by atoms with Crippen LogP contribution in [0.25, 0.3) is 11.3 Å². The first-order valence-corrected chi connectivity index (χ1v) is 11.9. The van der Waals surface area contributed by atoms with Crippen LogP contribution in [0.4, 0.5) is 4.39 Å². The van der Waals surface area contributed by atoms with Gasteiger partial charge in [-0.05, 0) is 17.9 Å². The zero-order valence-electron chi connectivity index (χ0n) is 21.4. The molecular formula is C28H37FN4O2. The molecule has 0 saturated carbocycles. The largest absolute Gasteiger partial charge is 0.375 e. The Morgan fingerprint density at radius 3 is 2.37 bits per heavy atom. The number of ether oxygens (including phenoxy) is 1. The first-order chi connectivity index (χ1) is 16.6. The molecular weight excluding hydrogens is 443 g/mol. The molecule has 3 rings (SSSR count). The summed E-state index contributed by atoms with van der Waals surface area (Å²) in [7, 11) is 1.46. The van der Waals surface area contributed by atoms with E-state index < -0.39 is 17.6 Å². The van der Waals surface area contributed by atoms with Gasteiger partial charge in [-0.3, -0.25) is 4.79 Å². The lowest BCUT2D eigenvalue weighted by molar-refractivity contribution is -0.141. The molecule has 6 nitrogen and oxygen atoms in total. The summed E-state index contributed by atoms with van der Waals surface area (Å²) < 4.78 is 21.8. The van der Waals surface area contributed by atoms with Crippen LogP contribution in [0.5, 0.6) is 0 Å². The smallest absolute Gasteiger partial charge is 0.249 e. The van der Waals surface area contributed by atoms with Crippen molar-refractivity contribution < 1.29 is 13.9 Å². The predicted molar refractivity (Wildman–Crippen MR) is 138 cm³/mol. The number of hydrogen-bond acceptors (Lipinski definition) is 4. The highest BCUT2D eigenvalue weighted by Gasteiger charge is 2.39. The molecule has 0 saturated heterocycles. The number of nitrogens with zero attached hydrogens (tertiary/aromatic N) is 3. The van der Waals surface area contributed by atoms with Crippen molar-refractivity contribution in [1.82, 2.24) is 14.5 Å². The van der Waals surface area contributed by atoms with Crippen LogP contribution in [-0.4, -0.2) is 53.3 Å². The number of benzene rings is 2. The number of hydrogen-bond donors (Lipinski definition) is 1. The van der Waals surface area contributed by atoms with E-state index in [1.165, 1.54) is 7.11 Å². The van der Waals surface area contributed by atoms with Gasteiger partial charge < -0.3 is 19.9 Å². The van der Waals surface area contributed by atoms with Crippen molar-refractivity contribution in [3.8, 4) is 11.3 Å². The van der Waals surface area contributed by atoms with Gasteiger partial charge in [-0.15, -0.1) is 0 Å². The minimum absolute atomic E-state index is 0.126. The molecule has 35 heavy (non-hydrogen) atoms. The Bertz CT molecular complexity index is 1090. The number of alkyl halides is 1. The van der Waals surface area contributed by atoms with Crippen molar-refractivity contribution in [3.63, 3.8) is 0 Å². The summed E-state index contributed by atoms with van der Waals surface area (Å²) in [5.74, 6) is 0.403. The Balaban J connectivity index is 2.17. The van der Waals surface area contributed by atoms with Crippen LogP contribution in [0.1, 0.15) is 43.8 Å². The lowest BCUT2D eigenvalue weighted by Gasteiger charge is -2.40. The highest BCUT2D eigenvalue weighted by Crippen LogP contribution is 2.39. The third-order valence-electron chi connectivity index (χ3n) is 5.97. The maximum atomic E-state index is 14.6. The fourth-order valence-corrected chi connectivity index (χ4v) is 4.26. The molecule has 3 aromatic rings. The Labute approximate surface area is 207 Å². The summed E-state index contributed by atoms with van der Waals surface area (Å²) in [4.78, 5) is 19.8. The monoisotopic (exact) mass is 480 g/mol. The van der Waals surface area contributed by atoms with Crippen LogP contribution in [0.3, 0.4) is 0 Å². The van der Waals surface area contributed by atoms with Crippen molar-refractivity contribution in [2.75, 3.05) is 26.8 Å². The number of aromatic nitrogens is 2. The van der Waals surface area contributed by atoms with E-state index in [-0.39, 0.29) is 25.6 Å². The van der Waals surface area contributed by atoms with Gasteiger partial charge in [0.05, 0.1) is 18.3 Å². The van der Waals surface area contributed by atoms with Crippen molar-refractivity contribution in [1.29, 1.82) is 0 Å². The molecule has 0 spiro atoms. The summed E-state index contributed by atoms with van der Waals surface area (Å²) in [5, 5.41) is 0.